The van der Waals surface area contributed by atoms with Crippen LogP contribution in [0, 0.1) is 0 Å². The van der Waals surface area contributed by atoms with E-state index in [0.29, 0.717) is 16.1 Å². The molecular formula is C9H6Cl2O. The van der Waals surface area contributed by atoms with Crippen molar-refractivity contribution in [2.45, 2.75) is 18.6 Å². The SMILES string of the molecule is Clc1ccc2c(c1Cl)C1OC1C2. The van der Waals surface area contributed by atoms with Crippen molar-refractivity contribution in [2.24, 2.45) is 0 Å². The van der Waals surface area contributed by atoms with Crippen molar-refractivity contribution < 1.29 is 4.74 Å². The van der Waals surface area contributed by atoms with Crippen LogP contribution in [0.15, 0.2) is 12.1 Å². The predicted octanol–water partition coefficient (Wildman–Crippen LogP) is 2.99. The molecular weight excluding hydrogens is 195 g/mol. The fourth-order valence-electron chi connectivity index (χ4n) is 1.86. The van der Waals surface area contributed by atoms with Gasteiger partial charge in [-0.05, 0) is 11.6 Å². The monoisotopic (exact) mass is 200 g/mol. The summed E-state index contributed by atoms with van der Waals surface area (Å²) < 4.78 is 5.37. The molecule has 0 saturated carbocycles. The molecule has 1 fully saturated rings. The third-order valence-electron chi connectivity index (χ3n) is 2.51. The first-order chi connectivity index (χ1) is 5.77. The highest BCUT2D eigenvalue weighted by atomic mass is 35.5. The van der Waals surface area contributed by atoms with Crippen LogP contribution in [0.1, 0.15) is 17.2 Å². The van der Waals surface area contributed by atoms with Crippen molar-refractivity contribution in [2.75, 3.05) is 0 Å². The molecule has 1 heterocycles. The summed E-state index contributed by atoms with van der Waals surface area (Å²) in [4.78, 5) is 0. The van der Waals surface area contributed by atoms with Crippen LogP contribution in [-0.4, -0.2) is 6.10 Å². The summed E-state index contributed by atoms with van der Waals surface area (Å²) in [7, 11) is 0. The van der Waals surface area contributed by atoms with Gasteiger partial charge in [0.1, 0.15) is 6.10 Å². The third-order valence-corrected chi connectivity index (χ3v) is 3.33. The molecule has 0 radical (unpaired) electrons. The summed E-state index contributed by atoms with van der Waals surface area (Å²) in [5.41, 5.74) is 2.42. The Morgan fingerprint density at radius 2 is 2.17 bits per heavy atom. The number of hydrogen-bond acceptors (Lipinski definition) is 1. The molecule has 0 N–H and O–H groups in total. The molecule has 2 unspecified atom stereocenters. The van der Waals surface area contributed by atoms with Crippen LogP contribution in [0.5, 0.6) is 0 Å². The van der Waals surface area contributed by atoms with Gasteiger partial charge >= 0.3 is 0 Å². The molecule has 1 nitrogen and oxygen atoms in total. The minimum absolute atomic E-state index is 0.242. The normalized spacial score (nSPS) is 29.8. The molecule has 2 aliphatic rings. The van der Waals surface area contributed by atoms with Crippen LogP contribution < -0.4 is 0 Å². The second-order valence-corrected chi connectivity index (χ2v) is 4.02. The van der Waals surface area contributed by atoms with Crippen molar-refractivity contribution in [1.82, 2.24) is 0 Å². The molecule has 1 aromatic rings. The topological polar surface area (TPSA) is 12.5 Å². The van der Waals surface area contributed by atoms with E-state index >= 15 is 0 Å². The van der Waals surface area contributed by atoms with Crippen LogP contribution in [-0.2, 0) is 11.2 Å². The lowest BCUT2D eigenvalue weighted by Crippen LogP contribution is -1.89. The van der Waals surface area contributed by atoms with Crippen molar-refractivity contribution in [3.8, 4) is 0 Å². The first-order valence-corrected chi connectivity index (χ1v) is 4.65. The number of hydrogen-bond donors (Lipinski definition) is 0. The van der Waals surface area contributed by atoms with E-state index in [4.69, 9.17) is 27.9 Å². The van der Waals surface area contributed by atoms with E-state index in [9.17, 15) is 0 Å². The average Bonchev–Trinajstić information content (AvgIpc) is 2.71. The van der Waals surface area contributed by atoms with Gasteiger partial charge in [0.2, 0.25) is 0 Å². The zero-order valence-electron chi connectivity index (χ0n) is 6.18. The summed E-state index contributed by atoms with van der Waals surface area (Å²) >= 11 is 11.9. The number of epoxide rings is 1. The maximum absolute atomic E-state index is 6.05. The van der Waals surface area contributed by atoms with Crippen LogP contribution in [0.2, 0.25) is 10.0 Å². The smallest absolute Gasteiger partial charge is 0.111 e. The Hall–Kier alpha value is -0.240. The van der Waals surface area contributed by atoms with Gasteiger partial charge in [-0.3, -0.25) is 0 Å². The van der Waals surface area contributed by atoms with Crippen molar-refractivity contribution >= 4 is 23.2 Å². The van der Waals surface area contributed by atoms with E-state index in [1.807, 2.05) is 12.1 Å². The van der Waals surface area contributed by atoms with Gasteiger partial charge in [0.15, 0.2) is 0 Å². The molecule has 3 rings (SSSR count). The Morgan fingerprint density at radius 3 is 3.00 bits per heavy atom. The third kappa shape index (κ3) is 0.792. The first kappa shape index (κ1) is 7.19. The highest BCUT2D eigenvalue weighted by molar-refractivity contribution is 6.42. The lowest BCUT2D eigenvalue weighted by atomic mass is 10.1. The van der Waals surface area contributed by atoms with Crippen molar-refractivity contribution in [1.29, 1.82) is 0 Å². The van der Waals surface area contributed by atoms with Crippen LogP contribution in [0.4, 0.5) is 0 Å². The van der Waals surface area contributed by atoms with E-state index < -0.39 is 0 Å². The van der Waals surface area contributed by atoms with Gasteiger partial charge < -0.3 is 4.74 Å². The Kier molecular flexibility index (Phi) is 1.30. The summed E-state index contributed by atoms with van der Waals surface area (Å²) in [6.45, 7) is 0. The van der Waals surface area contributed by atoms with Crippen molar-refractivity contribution in [3.63, 3.8) is 0 Å². The van der Waals surface area contributed by atoms with Gasteiger partial charge in [-0.15, -0.1) is 0 Å². The standard InChI is InChI=1S/C9H6Cl2O/c10-5-2-1-4-3-6-9(12-6)7(4)8(5)11/h1-2,6,9H,3H2. The van der Waals surface area contributed by atoms with Gasteiger partial charge in [0.25, 0.3) is 0 Å². The van der Waals surface area contributed by atoms with Gasteiger partial charge in [-0.1, -0.05) is 29.3 Å². The number of rotatable bonds is 0. The Balaban J connectivity index is 2.26. The quantitative estimate of drug-likeness (QED) is 0.587. The molecule has 62 valence electrons. The molecule has 12 heavy (non-hydrogen) atoms. The van der Waals surface area contributed by atoms with E-state index in [1.165, 1.54) is 5.56 Å². The number of ether oxygens (including phenoxy) is 1. The molecule has 0 bridgehead atoms. The van der Waals surface area contributed by atoms with Crippen LogP contribution >= 0.6 is 23.2 Å². The highest BCUT2D eigenvalue weighted by Crippen LogP contribution is 2.52. The lowest BCUT2D eigenvalue weighted by Gasteiger charge is -2.05. The maximum atomic E-state index is 6.05. The molecule has 1 aliphatic heterocycles. The molecule has 0 amide bonds. The zero-order chi connectivity index (χ0) is 8.29. The van der Waals surface area contributed by atoms with Crippen LogP contribution in [0.25, 0.3) is 0 Å². The number of halogens is 2. The molecule has 2 atom stereocenters. The number of fused-ring (bicyclic) bond motifs is 3. The Morgan fingerprint density at radius 1 is 1.33 bits per heavy atom. The van der Waals surface area contributed by atoms with Crippen molar-refractivity contribution in [3.05, 3.63) is 33.3 Å². The highest BCUT2D eigenvalue weighted by Gasteiger charge is 2.48. The summed E-state index contributed by atoms with van der Waals surface area (Å²) in [6, 6.07) is 3.90. The van der Waals surface area contributed by atoms with Gasteiger partial charge in [0.05, 0.1) is 16.1 Å². The zero-order valence-corrected chi connectivity index (χ0v) is 7.69. The molecule has 1 saturated heterocycles. The summed E-state index contributed by atoms with van der Waals surface area (Å²) in [6.07, 6.45) is 1.62. The fourth-order valence-corrected chi connectivity index (χ4v) is 2.32. The van der Waals surface area contributed by atoms with Gasteiger partial charge in [0, 0.05) is 12.0 Å². The lowest BCUT2D eigenvalue weighted by molar-refractivity contribution is 0.361. The Labute approximate surface area is 80.2 Å². The van der Waals surface area contributed by atoms with E-state index in [-0.39, 0.29) is 6.10 Å². The summed E-state index contributed by atoms with van der Waals surface area (Å²) in [5.74, 6) is 0. The molecule has 3 heteroatoms. The first-order valence-electron chi connectivity index (χ1n) is 3.89. The van der Waals surface area contributed by atoms with Gasteiger partial charge in [-0.25, -0.2) is 0 Å². The Bertz CT molecular complexity index is 362. The van der Waals surface area contributed by atoms with E-state index in [0.717, 1.165) is 12.0 Å². The predicted molar refractivity (Wildman–Crippen MR) is 47.8 cm³/mol. The average molecular weight is 201 g/mol. The second-order valence-electron chi connectivity index (χ2n) is 3.23. The van der Waals surface area contributed by atoms with Gasteiger partial charge in [-0.2, -0.15) is 0 Å². The second kappa shape index (κ2) is 2.16. The molecule has 0 spiro atoms. The molecule has 1 aromatic carbocycles. The molecule has 1 aliphatic carbocycles. The summed E-state index contributed by atoms with van der Waals surface area (Å²) in [5, 5.41) is 1.31. The van der Waals surface area contributed by atoms with E-state index in [1.54, 1.807) is 0 Å². The fraction of sp³-hybridized carbons (Fsp3) is 0.333. The minimum Gasteiger partial charge on any atom is -0.364 e. The van der Waals surface area contributed by atoms with Crippen LogP contribution in [0.3, 0.4) is 0 Å². The number of benzene rings is 1. The maximum Gasteiger partial charge on any atom is 0.111 e. The van der Waals surface area contributed by atoms with E-state index in [2.05, 4.69) is 0 Å². The molecule has 0 aromatic heterocycles. The largest absolute Gasteiger partial charge is 0.364 e. The minimum atomic E-state index is 0.242.